The molecule has 1 N–H and O–H groups in total. The molecule has 1 aromatic carbocycles. The van der Waals surface area contributed by atoms with Gasteiger partial charge in [0, 0.05) is 5.39 Å². The lowest BCUT2D eigenvalue weighted by molar-refractivity contribution is 0.0887. The molecule has 5 heteroatoms. The van der Waals surface area contributed by atoms with Gasteiger partial charge in [-0.25, -0.2) is 9.55 Å². The second kappa shape index (κ2) is 3.88. The zero-order valence-electron chi connectivity index (χ0n) is 10.2. The van der Waals surface area contributed by atoms with Gasteiger partial charge in [0.15, 0.2) is 0 Å². The van der Waals surface area contributed by atoms with Gasteiger partial charge in [-0.3, -0.25) is 4.79 Å². The van der Waals surface area contributed by atoms with Gasteiger partial charge >= 0.3 is 0 Å². The van der Waals surface area contributed by atoms with Gasteiger partial charge in [0.25, 0.3) is 5.91 Å². The molecule has 4 nitrogen and oxygen atoms in total. The van der Waals surface area contributed by atoms with Crippen molar-refractivity contribution in [3.8, 4) is 0 Å². The van der Waals surface area contributed by atoms with Crippen molar-refractivity contribution >= 4 is 34.8 Å². The largest absolute Gasteiger partial charge is 0.359 e. The maximum Gasteiger partial charge on any atom is 0.257 e. The first-order valence-electron chi connectivity index (χ1n) is 5.92. The fourth-order valence-corrected chi connectivity index (χ4v) is 2.57. The Labute approximate surface area is 110 Å². The molecule has 3 rings (SSSR count). The van der Waals surface area contributed by atoms with Crippen LogP contribution in [-0.2, 0) is 0 Å². The van der Waals surface area contributed by atoms with Crippen molar-refractivity contribution in [2.24, 2.45) is 5.92 Å². The van der Waals surface area contributed by atoms with Crippen molar-refractivity contribution in [2.75, 3.05) is 5.32 Å². The standard InChI is InChI=1S/C13H13N3OS/c1-7(2)10-12(17)16-11(15-10)8-5-3-4-6-9(8)14-13(16)18/h3-7,10,15H,1-2H3/t10-/m1/s1. The summed E-state index contributed by atoms with van der Waals surface area (Å²) < 4.78 is 1.84. The number of carbonyl (C=O) groups excluding carboxylic acids is 1. The van der Waals surface area contributed by atoms with Crippen LogP contribution in [0.3, 0.4) is 0 Å². The van der Waals surface area contributed by atoms with Crippen LogP contribution in [0.1, 0.15) is 18.6 Å². The molecule has 1 atom stereocenters. The molecule has 2 heterocycles. The highest BCUT2D eigenvalue weighted by Gasteiger charge is 2.33. The van der Waals surface area contributed by atoms with Gasteiger partial charge in [-0.15, -0.1) is 0 Å². The second-order valence-corrected chi connectivity index (χ2v) is 5.16. The van der Waals surface area contributed by atoms with Gasteiger partial charge in [-0.1, -0.05) is 26.0 Å². The van der Waals surface area contributed by atoms with Gasteiger partial charge < -0.3 is 5.32 Å². The van der Waals surface area contributed by atoms with Crippen LogP contribution in [0.4, 0.5) is 5.82 Å². The fraction of sp³-hybridized carbons (Fsp3) is 0.308. The van der Waals surface area contributed by atoms with E-state index in [1.807, 2.05) is 38.1 Å². The van der Waals surface area contributed by atoms with Gasteiger partial charge in [0.05, 0.1) is 5.52 Å². The number of hydrogen-bond acceptors (Lipinski definition) is 4. The maximum atomic E-state index is 12.3. The molecular formula is C13H13N3OS. The molecule has 0 bridgehead atoms. The summed E-state index contributed by atoms with van der Waals surface area (Å²) in [5, 5.41) is 4.21. The smallest absolute Gasteiger partial charge is 0.257 e. The molecule has 18 heavy (non-hydrogen) atoms. The Morgan fingerprint density at radius 3 is 2.83 bits per heavy atom. The first-order chi connectivity index (χ1) is 8.59. The number of hydrogen-bond donors (Lipinski definition) is 1. The highest BCUT2D eigenvalue weighted by molar-refractivity contribution is 7.71. The third kappa shape index (κ3) is 1.47. The van der Waals surface area contributed by atoms with E-state index >= 15 is 0 Å². The lowest BCUT2D eigenvalue weighted by Gasteiger charge is -2.11. The first-order valence-corrected chi connectivity index (χ1v) is 6.33. The average Bonchev–Trinajstić information content (AvgIpc) is 2.68. The third-order valence-corrected chi connectivity index (χ3v) is 3.51. The van der Waals surface area contributed by atoms with Crippen LogP contribution in [0, 0.1) is 10.7 Å². The number of carbonyl (C=O) groups is 1. The minimum Gasteiger partial charge on any atom is -0.359 e. The molecule has 0 saturated heterocycles. The number of rotatable bonds is 1. The van der Waals surface area contributed by atoms with Crippen LogP contribution in [0.5, 0.6) is 0 Å². The minimum absolute atomic E-state index is 0.0109. The number of anilines is 1. The summed E-state index contributed by atoms with van der Waals surface area (Å²) in [6.45, 7) is 4.03. The predicted molar refractivity (Wildman–Crippen MR) is 73.4 cm³/mol. The van der Waals surface area contributed by atoms with Gasteiger partial charge in [0.1, 0.15) is 11.9 Å². The molecule has 2 aromatic rings. The van der Waals surface area contributed by atoms with Gasteiger partial charge in [-0.2, -0.15) is 0 Å². The molecule has 0 amide bonds. The molecule has 0 radical (unpaired) electrons. The van der Waals surface area contributed by atoms with Gasteiger partial charge in [0.2, 0.25) is 4.77 Å². The Hall–Kier alpha value is -1.75. The van der Waals surface area contributed by atoms with Crippen molar-refractivity contribution in [1.29, 1.82) is 0 Å². The number of aromatic nitrogens is 2. The topological polar surface area (TPSA) is 46.9 Å². The van der Waals surface area contributed by atoms with Crippen LogP contribution >= 0.6 is 12.2 Å². The van der Waals surface area contributed by atoms with E-state index in [4.69, 9.17) is 12.2 Å². The van der Waals surface area contributed by atoms with Crippen LogP contribution in [-0.4, -0.2) is 21.5 Å². The van der Waals surface area contributed by atoms with E-state index in [0.29, 0.717) is 4.77 Å². The minimum atomic E-state index is -0.223. The Bertz CT molecular complexity index is 705. The van der Waals surface area contributed by atoms with E-state index in [1.165, 1.54) is 4.57 Å². The molecule has 0 saturated carbocycles. The normalized spacial score (nSPS) is 18.2. The van der Waals surface area contributed by atoms with Crippen molar-refractivity contribution in [3.05, 3.63) is 29.0 Å². The first kappa shape index (κ1) is 11.3. The summed E-state index contributed by atoms with van der Waals surface area (Å²) in [4.78, 5) is 16.6. The van der Waals surface area contributed by atoms with Crippen molar-refractivity contribution in [1.82, 2.24) is 9.55 Å². The van der Waals surface area contributed by atoms with Crippen LogP contribution < -0.4 is 5.32 Å². The second-order valence-electron chi connectivity index (χ2n) is 4.80. The van der Waals surface area contributed by atoms with Crippen molar-refractivity contribution in [2.45, 2.75) is 19.9 Å². The predicted octanol–water partition coefficient (Wildman–Crippen LogP) is 2.86. The summed E-state index contributed by atoms with van der Waals surface area (Å²) in [6.07, 6.45) is 0. The number of benzene rings is 1. The monoisotopic (exact) mass is 259 g/mol. The Kier molecular flexibility index (Phi) is 2.45. The van der Waals surface area contributed by atoms with E-state index in [-0.39, 0.29) is 17.9 Å². The number of nitrogens with zero attached hydrogens (tertiary/aromatic N) is 2. The zero-order chi connectivity index (χ0) is 12.9. The number of fused-ring (bicyclic) bond motifs is 3. The molecule has 0 aliphatic carbocycles. The Morgan fingerprint density at radius 2 is 2.11 bits per heavy atom. The van der Waals surface area contributed by atoms with Crippen LogP contribution in [0.2, 0.25) is 0 Å². The summed E-state index contributed by atoms with van der Waals surface area (Å²) in [6, 6.07) is 7.48. The third-order valence-electron chi connectivity index (χ3n) is 3.24. The van der Waals surface area contributed by atoms with Crippen LogP contribution in [0.15, 0.2) is 24.3 Å². The highest BCUT2D eigenvalue weighted by atomic mass is 32.1. The Balaban J connectivity index is 2.33. The summed E-state index contributed by atoms with van der Waals surface area (Å²) in [5.41, 5.74) is 0.818. The molecular weight excluding hydrogens is 246 g/mol. The SMILES string of the molecule is CC(C)[C@H]1Nc2c3ccccc3nc(=S)n2C1=O. The lowest BCUT2D eigenvalue weighted by atomic mass is 10.1. The lowest BCUT2D eigenvalue weighted by Crippen LogP contribution is -2.30. The molecule has 0 spiro atoms. The van der Waals surface area contributed by atoms with E-state index in [2.05, 4.69) is 10.3 Å². The summed E-state index contributed by atoms with van der Waals surface area (Å²) in [7, 11) is 0. The van der Waals surface area contributed by atoms with Crippen molar-refractivity contribution in [3.63, 3.8) is 0 Å². The molecule has 1 aliphatic rings. The fourth-order valence-electron chi connectivity index (χ4n) is 2.29. The zero-order valence-corrected chi connectivity index (χ0v) is 11.0. The van der Waals surface area contributed by atoms with E-state index in [0.717, 1.165) is 16.7 Å². The quantitative estimate of drug-likeness (QED) is 0.800. The molecule has 1 aliphatic heterocycles. The van der Waals surface area contributed by atoms with Crippen LogP contribution in [0.25, 0.3) is 10.9 Å². The number of nitrogens with one attached hydrogen (secondary N) is 1. The van der Waals surface area contributed by atoms with E-state index in [1.54, 1.807) is 0 Å². The van der Waals surface area contributed by atoms with Gasteiger partial charge in [-0.05, 0) is 30.3 Å². The maximum absolute atomic E-state index is 12.3. The molecule has 1 aromatic heterocycles. The van der Waals surface area contributed by atoms with E-state index < -0.39 is 0 Å². The number of para-hydroxylation sites is 1. The Morgan fingerprint density at radius 1 is 1.39 bits per heavy atom. The molecule has 0 unspecified atom stereocenters. The molecule has 0 fully saturated rings. The highest BCUT2D eigenvalue weighted by Crippen LogP contribution is 2.29. The summed E-state index contributed by atoms with van der Waals surface area (Å²) >= 11 is 5.21. The average molecular weight is 259 g/mol. The van der Waals surface area contributed by atoms with E-state index in [9.17, 15) is 4.79 Å². The summed E-state index contributed by atoms with van der Waals surface area (Å²) in [5.74, 6) is 0.975. The molecule has 92 valence electrons. The van der Waals surface area contributed by atoms with Crippen molar-refractivity contribution < 1.29 is 4.79 Å².